The van der Waals surface area contributed by atoms with Crippen molar-refractivity contribution in [2.24, 2.45) is 0 Å². The minimum Gasteiger partial charge on any atom is -0.390 e. The second kappa shape index (κ2) is 9.65. The summed E-state index contributed by atoms with van der Waals surface area (Å²) in [6.45, 7) is 10.8. The fourth-order valence-corrected chi connectivity index (χ4v) is 5.19. The van der Waals surface area contributed by atoms with Gasteiger partial charge in [-0.1, -0.05) is 26.0 Å². The monoisotopic (exact) mass is 411 g/mol. The molecule has 0 aromatic heterocycles. The molecule has 158 valence electrons. The van der Waals surface area contributed by atoms with Gasteiger partial charge in [-0.05, 0) is 23.6 Å². The van der Waals surface area contributed by atoms with E-state index in [2.05, 4.69) is 23.6 Å². The quantitative estimate of drug-likeness (QED) is 0.716. The summed E-state index contributed by atoms with van der Waals surface area (Å²) in [5.41, 5.74) is 1.14. The first kappa shape index (κ1) is 21.7. The van der Waals surface area contributed by atoms with E-state index in [0.29, 0.717) is 50.1 Å². The summed E-state index contributed by atoms with van der Waals surface area (Å²) in [6.07, 6.45) is -0.426. The van der Waals surface area contributed by atoms with E-state index in [1.807, 2.05) is 12.1 Å². The van der Waals surface area contributed by atoms with Crippen LogP contribution in [0.5, 0.6) is 0 Å². The van der Waals surface area contributed by atoms with Crippen LogP contribution in [0.1, 0.15) is 25.3 Å². The number of ether oxygens (including phenoxy) is 1. The molecule has 28 heavy (non-hydrogen) atoms. The van der Waals surface area contributed by atoms with Crippen LogP contribution in [0.2, 0.25) is 0 Å². The number of aliphatic hydroxyl groups is 1. The zero-order chi connectivity index (χ0) is 20.1. The van der Waals surface area contributed by atoms with Crippen LogP contribution in [0, 0.1) is 0 Å². The van der Waals surface area contributed by atoms with E-state index in [9.17, 15) is 13.5 Å². The Morgan fingerprint density at radius 3 is 2.00 bits per heavy atom. The van der Waals surface area contributed by atoms with Crippen molar-refractivity contribution >= 4 is 10.0 Å². The largest absolute Gasteiger partial charge is 0.390 e. The highest BCUT2D eigenvalue weighted by atomic mass is 32.2. The summed E-state index contributed by atoms with van der Waals surface area (Å²) in [7, 11) is -3.46. The predicted molar refractivity (Wildman–Crippen MR) is 109 cm³/mol. The third-order valence-electron chi connectivity index (χ3n) is 5.56. The molecule has 8 heteroatoms. The molecule has 0 amide bonds. The fourth-order valence-electron chi connectivity index (χ4n) is 3.76. The highest BCUT2D eigenvalue weighted by Crippen LogP contribution is 2.21. The average molecular weight is 412 g/mol. The summed E-state index contributed by atoms with van der Waals surface area (Å²) < 4.78 is 32.7. The fraction of sp³-hybridized carbons (Fsp3) is 0.700. The normalized spacial score (nSPS) is 21.9. The van der Waals surface area contributed by atoms with Crippen LogP contribution in [0.15, 0.2) is 29.2 Å². The van der Waals surface area contributed by atoms with E-state index in [4.69, 9.17) is 4.74 Å². The molecule has 1 aromatic carbocycles. The molecule has 0 aliphatic carbocycles. The Morgan fingerprint density at radius 1 is 0.929 bits per heavy atom. The SMILES string of the molecule is CC(C)c1ccc(S(=O)(=O)N2CCN(C[C@@H](O)CN3CCOCC3)CC2)cc1. The molecule has 0 radical (unpaired) electrons. The maximum Gasteiger partial charge on any atom is 0.243 e. The number of sulfonamides is 1. The predicted octanol–water partition coefficient (Wildman–Crippen LogP) is 0.809. The molecule has 0 spiro atoms. The molecule has 7 nitrogen and oxygen atoms in total. The standard InChI is InChI=1S/C20H33N3O4S/c1-17(2)18-3-5-20(6-4-18)28(25,26)23-9-7-21(8-10-23)15-19(24)16-22-11-13-27-14-12-22/h3-6,17,19,24H,7-16H2,1-2H3/t19-/m1/s1. The summed E-state index contributed by atoms with van der Waals surface area (Å²) >= 11 is 0. The van der Waals surface area contributed by atoms with Crippen molar-refractivity contribution in [2.75, 3.05) is 65.6 Å². The number of rotatable bonds is 7. The topological polar surface area (TPSA) is 73.3 Å². The van der Waals surface area contributed by atoms with Gasteiger partial charge in [0.15, 0.2) is 0 Å². The van der Waals surface area contributed by atoms with E-state index >= 15 is 0 Å². The molecule has 1 N–H and O–H groups in total. The van der Waals surface area contributed by atoms with Gasteiger partial charge >= 0.3 is 0 Å². The third kappa shape index (κ3) is 5.52. The van der Waals surface area contributed by atoms with Crippen LogP contribution in [0.3, 0.4) is 0 Å². The zero-order valence-electron chi connectivity index (χ0n) is 17.0. The molecule has 0 bridgehead atoms. The smallest absolute Gasteiger partial charge is 0.243 e. The van der Waals surface area contributed by atoms with E-state index in [0.717, 1.165) is 31.9 Å². The van der Waals surface area contributed by atoms with Crippen molar-refractivity contribution in [2.45, 2.75) is 30.8 Å². The highest BCUT2D eigenvalue weighted by Gasteiger charge is 2.29. The lowest BCUT2D eigenvalue weighted by molar-refractivity contribution is 0.00469. The van der Waals surface area contributed by atoms with E-state index in [1.54, 1.807) is 16.4 Å². The Balaban J connectivity index is 1.49. The molecule has 2 saturated heterocycles. The number of hydrogen-bond acceptors (Lipinski definition) is 6. The second-order valence-corrected chi connectivity index (χ2v) is 9.93. The van der Waals surface area contributed by atoms with Gasteiger partial charge in [-0.25, -0.2) is 8.42 Å². The van der Waals surface area contributed by atoms with Gasteiger partial charge in [-0.2, -0.15) is 4.31 Å². The van der Waals surface area contributed by atoms with Crippen molar-refractivity contribution in [1.82, 2.24) is 14.1 Å². The molecule has 1 aromatic rings. The number of benzene rings is 1. The van der Waals surface area contributed by atoms with E-state index in [1.165, 1.54) is 0 Å². The maximum atomic E-state index is 12.9. The van der Waals surface area contributed by atoms with Crippen molar-refractivity contribution in [3.05, 3.63) is 29.8 Å². The van der Waals surface area contributed by atoms with Gasteiger partial charge in [-0.3, -0.25) is 9.80 Å². The summed E-state index contributed by atoms with van der Waals surface area (Å²) in [5.74, 6) is 0.379. The molecule has 0 unspecified atom stereocenters. The molecule has 2 fully saturated rings. The number of β-amino-alcohol motifs (C(OH)–C–C–N with tert-alkyl or cyclic N) is 1. The Bertz CT molecular complexity index is 709. The third-order valence-corrected chi connectivity index (χ3v) is 7.47. The molecule has 2 heterocycles. The van der Waals surface area contributed by atoms with Crippen molar-refractivity contribution in [3.8, 4) is 0 Å². The molecule has 2 aliphatic rings. The van der Waals surface area contributed by atoms with Crippen LogP contribution in [-0.4, -0.2) is 99.3 Å². The zero-order valence-corrected chi connectivity index (χ0v) is 17.8. The minimum absolute atomic E-state index is 0.359. The van der Waals surface area contributed by atoms with Gasteiger partial charge in [0.1, 0.15) is 0 Å². The first-order valence-corrected chi connectivity index (χ1v) is 11.6. The molecule has 2 aliphatic heterocycles. The van der Waals surface area contributed by atoms with Crippen LogP contribution in [-0.2, 0) is 14.8 Å². The molecule has 1 atom stereocenters. The maximum absolute atomic E-state index is 12.9. The second-order valence-electron chi connectivity index (χ2n) is 8.00. The lowest BCUT2D eigenvalue weighted by atomic mass is 10.0. The lowest BCUT2D eigenvalue weighted by Crippen LogP contribution is -2.52. The highest BCUT2D eigenvalue weighted by molar-refractivity contribution is 7.89. The Morgan fingerprint density at radius 2 is 1.46 bits per heavy atom. The lowest BCUT2D eigenvalue weighted by Gasteiger charge is -2.36. The number of hydrogen-bond donors (Lipinski definition) is 1. The summed E-state index contributed by atoms with van der Waals surface area (Å²) in [5, 5.41) is 10.4. The van der Waals surface area contributed by atoms with Gasteiger partial charge in [0.05, 0.1) is 24.2 Å². The van der Waals surface area contributed by atoms with Crippen LogP contribution >= 0.6 is 0 Å². The Kier molecular flexibility index (Phi) is 7.47. The van der Waals surface area contributed by atoms with Gasteiger partial charge in [-0.15, -0.1) is 0 Å². The van der Waals surface area contributed by atoms with Crippen molar-refractivity contribution in [1.29, 1.82) is 0 Å². The Labute approximate surface area is 168 Å². The molecular formula is C20H33N3O4S. The number of nitrogens with zero attached hydrogens (tertiary/aromatic N) is 3. The van der Waals surface area contributed by atoms with Crippen molar-refractivity contribution in [3.63, 3.8) is 0 Å². The Hall–Kier alpha value is -1.03. The van der Waals surface area contributed by atoms with Gasteiger partial charge in [0.25, 0.3) is 0 Å². The first-order valence-electron chi connectivity index (χ1n) is 10.2. The van der Waals surface area contributed by atoms with Gasteiger partial charge in [0, 0.05) is 52.4 Å². The van der Waals surface area contributed by atoms with Crippen LogP contribution in [0.4, 0.5) is 0 Å². The van der Waals surface area contributed by atoms with E-state index in [-0.39, 0.29) is 0 Å². The summed E-state index contributed by atoms with van der Waals surface area (Å²) in [6, 6.07) is 7.22. The van der Waals surface area contributed by atoms with Crippen LogP contribution < -0.4 is 0 Å². The molecular weight excluding hydrogens is 378 g/mol. The molecule has 0 saturated carbocycles. The van der Waals surface area contributed by atoms with Crippen molar-refractivity contribution < 1.29 is 18.3 Å². The van der Waals surface area contributed by atoms with Gasteiger partial charge < -0.3 is 9.84 Å². The average Bonchev–Trinajstić information content (AvgIpc) is 2.69. The number of piperazine rings is 1. The molecule has 3 rings (SSSR count). The minimum atomic E-state index is -3.46. The summed E-state index contributed by atoms with van der Waals surface area (Å²) in [4.78, 5) is 4.73. The first-order chi connectivity index (χ1) is 13.4. The van der Waals surface area contributed by atoms with E-state index < -0.39 is 16.1 Å². The van der Waals surface area contributed by atoms with Crippen LogP contribution in [0.25, 0.3) is 0 Å². The number of morpholine rings is 1. The number of aliphatic hydroxyl groups excluding tert-OH is 1. The van der Waals surface area contributed by atoms with Gasteiger partial charge in [0.2, 0.25) is 10.0 Å².